The number of nitrogens with one attached hydrogen (secondary N) is 1. The highest BCUT2D eigenvalue weighted by Gasteiger charge is 2.01. The van der Waals surface area contributed by atoms with Gasteiger partial charge in [0.15, 0.2) is 6.40 Å². The first-order chi connectivity index (χ1) is 6.77. The second-order valence-electron chi connectivity index (χ2n) is 2.58. The van der Waals surface area contributed by atoms with Crippen LogP contribution in [0.1, 0.15) is 10.4 Å². The fourth-order valence-corrected chi connectivity index (χ4v) is 0.943. The quantitative estimate of drug-likeness (QED) is 0.575. The first-order valence-corrected chi connectivity index (χ1v) is 4.17. The molecule has 0 saturated carbocycles. The Hall–Kier alpha value is -1.84. The van der Waals surface area contributed by atoms with Gasteiger partial charge in [-0.25, -0.2) is 0 Å². The zero-order valence-corrected chi connectivity index (χ0v) is 8.15. The van der Waals surface area contributed by atoms with Crippen LogP contribution >= 0.6 is 0 Å². The van der Waals surface area contributed by atoms with E-state index in [1.54, 1.807) is 38.4 Å². The van der Waals surface area contributed by atoms with Crippen LogP contribution in [0.4, 0.5) is 0 Å². The Labute approximate surface area is 82.6 Å². The molecule has 0 atom stereocenters. The molecule has 0 saturated heterocycles. The largest absolute Gasteiger partial charge is 0.446 e. The number of nitrogens with zero attached hydrogens (tertiary/aromatic N) is 1. The number of hydrogen-bond donors (Lipinski definition) is 1. The van der Waals surface area contributed by atoms with Crippen molar-refractivity contribution >= 4 is 12.3 Å². The van der Waals surface area contributed by atoms with Crippen LogP contribution in [0.2, 0.25) is 0 Å². The summed E-state index contributed by atoms with van der Waals surface area (Å²) in [7, 11) is 3.22. The van der Waals surface area contributed by atoms with E-state index in [9.17, 15) is 4.79 Å². The molecule has 1 amide bonds. The van der Waals surface area contributed by atoms with Gasteiger partial charge in [0.05, 0.1) is 0 Å². The molecule has 0 aliphatic carbocycles. The van der Waals surface area contributed by atoms with Gasteiger partial charge in [0, 0.05) is 19.7 Å². The van der Waals surface area contributed by atoms with Gasteiger partial charge in [0.25, 0.3) is 5.91 Å². The Bertz CT molecular complexity index is 330. The molecule has 0 heterocycles. The van der Waals surface area contributed by atoms with Crippen molar-refractivity contribution in [1.29, 1.82) is 0 Å². The number of rotatable bonds is 3. The summed E-state index contributed by atoms with van der Waals surface area (Å²) in [6, 6.07) is 6.81. The lowest BCUT2D eigenvalue weighted by Gasteiger charge is -2.01. The highest BCUT2D eigenvalue weighted by molar-refractivity contribution is 5.94. The molecule has 1 aromatic carbocycles. The maximum absolute atomic E-state index is 11.2. The molecule has 0 fully saturated rings. The summed E-state index contributed by atoms with van der Waals surface area (Å²) < 4.78 is 5.10. The average molecular weight is 192 g/mol. The van der Waals surface area contributed by atoms with Crippen LogP contribution in [0.15, 0.2) is 29.3 Å². The normalized spacial score (nSPS) is 10.1. The summed E-state index contributed by atoms with van der Waals surface area (Å²) in [6.45, 7) is 0. The van der Waals surface area contributed by atoms with Crippen LogP contribution in [-0.4, -0.2) is 26.4 Å². The molecular formula is C10H12N2O2. The first-order valence-electron chi connectivity index (χ1n) is 4.17. The predicted octanol–water partition coefficient (Wildman–Crippen LogP) is 1.08. The third-order valence-corrected chi connectivity index (χ3v) is 1.64. The lowest BCUT2D eigenvalue weighted by atomic mass is 10.2. The van der Waals surface area contributed by atoms with E-state index in [4.69, 9.17) is 4.74 Å². The molecule has 0 aliphatic rings. The van der Waals surface area contributed by atoms with Crippen LogP contribution in [0, 0.1) is 0 Å². The zero-order chi connectivity index (χ0) is 10.4. The Kier molecular flexibility index (Phi) is 3.67. The maximum atomic E-state index is 11.2. The first kappa shape index (κ1) is 10.2. The van der Waals surface area contributed by atoms with E-state index >= 15 is 0 Å². The van der Waals surface area contributed by atoms with E-state index in [1.165, 1.54) is 6.40 Å². The molecule has 0 bridgehead atoms. The number of ether oxygens (including phenoxy) is 1. The van der Waals surface area contributed by atoms with Crippen molar-refractivity contribution in [3.63, 3.8) is 0 Å². The molecule has 1 N–H and O–H groups in total. The second kappa shape index (κ2) is 5.01. The van der Waals surface area contributed by atoms with Gasteiger partial charge in [-0.05, 0) is 24.3 Å². The minimum Gasteiger partial charge on any atom is -0.446 e. The predicted molar refractivity (Wildman–Crippen MR) is 54.9 cm³/mol. The number of carbonyl (C=O) groups excluding carboxylic acids is 1. The summed E-state index contributed by atoms with van der Waals surface area (Å²) in [5.41, 5.74) is 0.605. The fourth-order valence-electron chi connectivity index (χ4n) is 0.943. The molecule has 74 valence electrons. The molecule has 0 radical (unpaired) electrons. The molecule has 4 heteroatoms. The summed E-state index contributed by atoms with van der Waals surface area (Å²) in [5.74, 6) is 0.545. The highest BCUT2D eigenvalue weighted by Crippen LogP contribution is 2.11. The van der Waals surface area contributed by atoms with Crippen LogP contribution in [0.3, 0.4) is 0 Å². The summed E-state index contributed by atoms with van der Waals surface area (Å²) >= 11 is 0. The van der Waals surface area contributed by atoms with Crippen LogP contribution in [0.5, 0.6) is 5.75 Å². The van der Waals surface area contributed by atoms with E-state index in [-0.39, 0.29) is 5.91 Å². The number of amides is 1. The smallest absolute Gasteiger partial charge is 0.251 e. The van der Waals surface area contributed by atoms with Crippen molar-refractivity contribution in [2.45, 2.75) is 0 Å². The maximum Gasteiger partial charge on any atom is 0.251 e. The second-order valence-corrected chi connectivity index (χ2v) is 2.58. The average Bonchev–Trinajstić information content (AvgIpc) is 2.26. The Morgan fingerprint density at radius 2 is 2.07 bits per heavy atom. The third-order valence-electron chi connectivity index (χ3n) is 1.64. The van der Waals surface area contributed by atoms with Gasteiger partial charge < -0.3 is 10.1 Å². The SMILES string of the molecule is CN=COc1ccc(C(=O)NC)cc1. The Morgan fingerprint density at radius 1 is 1.43 bits per heavy atom. The molecule has 14 heavy (non-hydrogen) atoms. The van der Waals surface area contributed by atoms with Crippen LogP contribution in [0.25, 0.3) is 0 Å². The van der Waals surface area contributed by atoms with Crippen molar-refractivity contribution < 1.29 is 9.53 Å². The van der Waals surface area contributed by atoms with Gasteiger partial charge in [-0.15, -0.1) is 0 Å². The number of carbonyl (C=O) groups is 1. The fraction of sp³-hybridized carbons (Fsp3) is 0.200. The topological polar surface area (TPSA) is 50.7 Å². The number of hydrogen-bond acceptors (Lipinski definition) is 3. The van der Waals surface area contributed by atoms with Gasteiger partial charge in [0.2, 0.25) is 0 Å². The van der Waals surface area contributed by atoms with E-state index in [0.717, 1.165) is 0 Å². The van der Waals surface area contributed by atoms with Gasteiger partial charge >= 0.3 is 0 Å². The molecule has 0 aromatic heterocycles. The van der Waals surface area contributed by atoms with Gasteiger partial charge in [-0.2, -0.15) is 0 Å². The van der Waals surface area contributed by atoms with Crippen molar-refractivity contribution in [2.75, 3.05) is 14.1 Å². The van der Waals surface area contributed by atoms with Crippen molar-refractivity contribution in [3.8, 4) is 5.75 Å². The van der Waals surface area contributed by atoms with Crippen LogP contribution in [-0.2, 0) is 0 Å². The van der Waals surface area contributed by atoms with E-state index in [1.807, 2.05) is 0 Å². The van der Waals surface area contributed by atoms with E-state index in [0.29, 0.717) is 11.3 Å². The van der Waals surface area contributed by atoms with E-state index < -0.39 is 0 Å². The molecule has 4 nitrogen and oxygen atoms in total. The van der Waals surface area contributed by atoms with E-state index in [2.05, 4.69) is 10.3 Å². The minimum absolute atomic E-state index is 0.110. The summed E-state index contributed by atoms with van der Waals surface area (Å²) in [4.78, 5) is 14.8. The lowest BCUT2D eigenvalue weighted by molar-refractivity contribution is 0.0963. The van der Waals surface area contributed by atoms with Gasteiger partial charge in [-0.3, -0.25) is 9.79 Å². The molecule has 0 unspecified atom stereocenters. The van der Waals surface area contributed by atoms with Crippen molar-refractivity contribution in [1.82, 2.24) is 5.32 Å². The summed E-state index contributed by atoms with van der Waals surface area (Å²) in [5, 5.41) is 2.54. The third kappa shape index (κ3) is 2.58. The van der Waals surface area contributed by atoms with Crippen molar-refractivity contribution in [2.24, 2.45) is 4.99 Å². The van der Waals surface area contributed by atoms with Crippen molar-refractivity contribution in [3.05, 3.63) is 29.8 Å². The van der Waals surface area contributed by atoms with Gasteiger partial charge in [0.1, 0.15) is 5.75 Å². The Balaban J connectivity index is 2.73. The minimum atomic E-state index is -0.110. The van der Waals surface area contributed by atoms with Crippen LogP contribution < -0.4 is 10.1 Å². The number of benzene rings is 1. The number of aliphatic imine (C=N–C) groups is 1. The Morgan fingerprint density at radius 3 is 2.57 bits per heavy atom. The molecular weight excluding hydrogens is 180 g/mol. The molecule has 0 spiro atoms. The summed E-state index contributed by atoms with van der Waals surface area (Å²) in [6.07, 6.45) is 1.34. The zero-order valence-electron chi connectivity index (χ0n) is 8.15. The molecule has 0 aliphatic heterocycles. The van der Waals surface area contributed by atoms with Gasteiger partial charge in [-0.1, -0.05) is 0 Å². The highest BCUT2D eigenvalue weighted by atomic mass is 16.5. The molecule has 1 aromatic rings. The monoisotopic (exact) mass is 192 g/mol. The standard InChI is InChI=1S/C10H12N2O2/c1-11-7-14-9-5-3-8(4-6-9)10(13)12-2/h3-7H,1-2H3,(H,12,13). The molecule has 1 rings (SSSR count). The lowest BCUT2D eigenvalue weighted by Crippen LogP contribution is -2.17.